The quantitative estimate of drug-likeness (QED) is 0.830. The molecule has 0 radical (unpaired) electrons. The lowest BCUT2D eigenvalue weighted by atomic mass is 10.2. The molecule has 6 heteroatoms. The van der Waals surface area contributed by atoms with Gasteiger partial charge in [0.15, 0.2) is 0 Å². The number of nitrogens with zero attached hydrogens (tertiary/aromatic N) is 2. The van der Waals surface area contributed by atoms with Crippen molar-refractivity contribution < 1.29 is 4.39 Å². The third-order valence-corrected chi connectivity index (χ3v) is 3.90. The van der Waals surface area contributed by atoms with Gasteiger partial charge in [0, 0.05) is 3.57 Å². The van der Waals surface area contributed by atoms with Crippen LogP contribution in [-0.4, -0.2) is 4.37 Å². The van der Waals surface area contributed by atoms with Crippen molar-refractivity contribution in [3.8, 4) is 6.07 Å². The number of anilines is 2. The van der Waals surface area contributed by atoms with E-state index >= 15 is 0 Å². The summed E-state index contributed by atoms with van der Waals surface area (Å²) in [6, 6.07) is 6.56. The topological polar surface area (TPSA) is 48.7 Å². The molecule has 1 aromatic carbocycles. The summed E-state index contributed by atoms with van der Waals surface area (Å²) in [5.41, 5.74) is 2.01. The van der Waals surface area contributed by atoms with Crippen LogP contribution in [0.3, 0.4) is 0 Å². The highest BCUT2D eigenvalue weighted by Gasteiger charge is 2.11. The van der Waals surface area contributed by atoms with E-state index in [9.17, 15) is 4.39 Å². The van der Waals surface area contributed by atoms with Gasteiger partial charge < -0.3 is 5.32 Å². The molecule has 0 fully saturated rings. The zero-order chi connectivity index (χ0) is 12.4. The maximum Gasteiger partial charge on any atom is 0.132 e. The molecule has 86 valence electrons. The van der Waals surface area contributed by atoms with Gasteiger partial charge in [-0.3, -0.25) is 0 Å². The molecule has 0 atom stereocenters. The molecule has 0 saturated carbocycles. The number of aryl methyl sites for hydroxylation is 1. The maximum atomic E-state index is 12.9. The minimum atomic E-state index is -0.277. The Morgan fingerprint density at radius 2 is 2.29 bits per heavy atom. The van der Waals surface area contributed by atoms with E-state index in [0.717, 1.165) is 9.26 Å². The van der Waals surface area contributed by atoms with Gasteiger partial charge >= 0.3 is 0 Å². The summed E-state index contributed by atoms with van der Waals surface area (Å²) in [4.78, 5) is 0. The van der Waals surface area contributed by atoms with E-state index in [-0.39, 0.29) is 5.82 Å². The van der Waals surface area contributed by atoms with E-state index in [1.54, 1.807) is 13.0 Å². The van der Waals surface area contributed by atoms with Crippen LogP contribution in [0.1, 0.15) is 11.3 Å². The van der Waals surface area contributed by atoms with Gasteiger partial charge in [-0.15, -0.1) is 0 Å². The minimum absolute atomic E-state index is 0.277. The van der Waals surface area contributed by atoms with Gasteiger partial charge in [0.25, 0.3) is 0 Å². The number of hydrogen-bond donors (Lipinski definition) is 1. The number of halogens is 2. The Hall–Kier alpha value is -1.20. The molecule has 1 aromatic heterocycles. The molecular weight excluding hydrogens is 352 g/mol. The van der Waals surface area contributed by atoms with Gasteiger partial charge in [0.1, 0.15) is 22.5 Å². The molecule has 0 saturated heterocycles. The number of aromatic nitrogens is 1. The lowest BCUT2D eigenvalue weighted by Gasteiger charge is -2.06. The van der Waals surface area contributed by atoms with Crippen molar-refractivity contribution in [3.05, 3.63) is 38.8 Å². The van der Waals surface area contributed by atoms with Gasteiger partial charge in [0.05, 0.1) is 11.4 Å². The lowest BCUT2D eigenvalue weighted by molar-refractivity contribution is 0.627. The predicted octanol–water partition coefficient (Wildman–Crippen LogP) is 3.81. The van der Waals surface area contributed by atoms with E-state index < -0.39 is 0 Å². The van der Waals surface area contributed by atoms with Crippen molar-refractivity contribution in [1.82, 2.24) is 4.37 Å². The van der Waals surface area contributed by atoms with Crippen molar-refractivity contribution in [1.29, 1.82) is 5.26 Å². The molecule has 0 aliphatic rings. The van der Waals surface area contributed by atoms with Crippen molar-refractivity contribution in [2.24, 2.45) is 0 Å². The third kappa shape index (κ3) is 2.56. The van der Waals surface area contributed by atoms with Crippen molar-refractivity contribution in [2.75, 3.05) is 5.32 Å². The Labute approximate surface area is 116 Å². The Balaban J connectivity index is 2.35. The van der Waals surface area contributed by atoms with Crippen LogP contribution in [0.2, 0.25) is 0 Å². The largest absolute Gasteiger partial charge is 0.344 e. The summed E-state index contributed by atoms with van der Waals surface area (Å²) < 4.78 is 17.8. The van der Waals surface area contributed by atoms with Crippen molar-refractivity contribution in [3.63, 3.8) is 0 Å². The Morgan fingerprint density at radius 3 is 2.94 bits per heavy atom. The van der Waals surface area contributed by atoms with Gasteiger partial charge in [-0.2, -0.15) is 9.64 Å². The zero-order valence-corrected chi connectivity index (χ0v) is 11.8. The monoisotopic (exact) mass is 359 g/mol. The van der Waals surface area contributed by atoms with Crippen LogP contribution in [0.15, 0.2) is 18.2 Å². The summed E-state index contributed by atoms with van der Waals surface area (Å²) in [6.07, 6.45) is 0. The molecule has 0 spiro atoms. The van der Waals surface area contributed by atoms with Crippen molar-refractivity contribution in [2.45, 2.75) is 6.92 Å². The van der Waals surface area contributed by atoms with Crippen LogP contribution in [0.5, 0.6) is 0 Å². The van der Waals surface area contributed by atoms with Crippen LogP contribution in [-0.2, 0) is 0 Å². The molecule has 1 N–H and O–H groups in total. The standard InChI is InChI=1S/C11H7FIN3S/c1-6-8(5-14)11(17-16-6)15-10-3-2-7(12)4-9(10)13/h2-4,15H,1H3. The molecule has 2 aromatic rings. The molecule has 0 amide bonds. The molecule has 1 heterocycles. The van der Waals surface area contributed by atoms with E-state index in [4.69, 9.17) is 5.26 Å². The van der Waals surface area contributed by atoms with Crippen LogP contribution in [0.4, 0.5) is 15.1 Å². The fraction of sp³-hybridized carbons (Fsp3) is 0.0909. The second-order valence-corrected chi connectivity index (χ2v) is 5.27. The normalized spacial score (nSPS) is 10.0. The maximum absolute atomic E-state index is 12.9. The third-order valence-electron chi connectivity index (χ3n) is 2.15. The summed E-state index contributed by atoms with van der Waals surface area (Å²) in [5, 5.41) is 12.8. The SMILES string of the molecule is Cc1nsc(Nc2ccc(F)cc2I)c1C#N. The molecule has 0 unspecified atom stereocenters. The number of nitriles is 1. The fourth-order valence-electron chi connectivity index (χ4n) is 1.30. The number of rotatable bonds is 2. The lowest BCUT2D eigenvalue weighted by Crippen LogP contribution is -1.93. The Bertz CT molecular complexity index is 603. The number of hydrogen-bond acceptors (Lipinski definition) is 4. The molecule has 17 heavy (non-hydrogen) atoms. The first-order valence-electron chi connectivity index (χ1n) is 4.70. The second kappa shape index (κ2) is 4.98. The molecule has 0 aliphatic carbocycles. The number of nitrogens with one attached hydrogen (secondary N) is 1. The highest BCUT2D eigenvalue weighted by Crippen LogP contribution is 2.29. The Morgan fingerprint density at radius 1 is 1.53 bits per heavy atom. The van der Waals surface area contributed by atoms with Crippen LogP contribution >= 0.6 is 34.1 Å². The van der Waals surface area contributed by atoms with Gasteiger partial charge in [0.2, 0.25) is 0 Å². The fourth-order valence-corrected chi connectivity index (χ4v) is 2.67. The molecular formula is C11H7FIN3S. The van der Waals surface area contributed by atoms with E-state index in [2.05, 4.69) is 15.8 Å². The highest BCUT2D eigenvalue weighted by atomic mass is 127. The van der Waals surface area contributed by atoms with Crippen molar-refractivity contribution >= 4 is 44.8 Å². The smallest absolute Gasteiger partial charge is 0.132 e. The van der Waals surface area contributed by atoms with Gasteiger partial charge in [-0.1, -0.05) is 0 Å². The second-order valence-electron chi connectivity index (χ2n) is 3.33. The summed E-state index contributed by atoms with van der Waals surface area (Å²) in [5.74, 6) is -0.277. The first kappa shape index (κ1) is 12.3. The van der Waals surface area contributed by atoms with Crippen LogP contribution < -0.4 is 5.32 Å². The predicted molar refractivity (Wildman–Crippen MR) is 74.0 cm³/mol. The van der Waals surface area contributed by atoms with Crippen LogP contribution in [0, 0.1) is 27.6 Å². The minimum Gasteiger partial charge on any atom is -0.344 e. The average molecular weight is 359 g/mol. The van der Waals surface area contributed by atoms with E-state index in [1.807, 2.05) is 22.6 Å². The first-order chi connectivity index (χ1) is 8.11. The molecule has 0 bridgehead atoms. The summed E-state index contributed by atoms with van der Waals surface area (Å²) >= 11 is 3.27. The first-order valence-corrected chi connectivity index (χ1v) is 6.55. The molecule has 0 aliphatic heterocycles. The summed E-state index contributed by atoms with van der Waals surface area (Å²) in [7, 11) is 0. The highest BCUT2D eigenvalue weighted by molar-refractivity contribution is 14.1. The molecule has 2 rings (SSSR count). The van der Waals surface area contributed by atoms with Gasteiger partial charge in [-0.05, 0) is 59.2 Å². The number of benzene rings is 1. The molecule has 3 nitrogen and oxygen atoms in total. The average Bonchev–Trinajstić information content (AvgIpc) is 2.63. The van der Waals surface area contributed by atoms with E-state index in [0.29, 0.717) is 16.3 Å². The van der Waals surface area contributed by atoms with Gasteiger partial charge in [-0.25, -0.2) is 4.39 Å². The van der Waals surface area contributed by atoms with E-state index in [1.165, 1.54) is 23.7 Å². The summed E-state index contributed by atoms with van der Waals surface area (Å²) in [6.45, 7) is 1.79. The van der Waals surface area contributed by atoms with Crippen LogP contribution in [0.25, 0.3) is 0 Å². The zero-order valence-electron chi connectivity index (χ0n) is 8.79. The Kier molecular flexibility index (Phi) is 3.59.